The molecule has 0 saturated heterocycles. The molecular weight excluding hydrogens is 242 g/mol. The highest BCUT2D eigenvalue weighted by atomic mass is 16.5. The molecule has 0 unspecified atom stereocenters. The number of hydrogen-bond donors (Lipinski definition) is 2. The largest absolute Gasteiger partial charge is 0.385 e. The summed E-state index contributed by atoms with van der Waals surface area (Å²) in [6.07, 6.45) is 1.94. The molecule has 0 aromatic heterocycles. The monoisotopic (exact) mass is 273 g/mol. The minimum Gasteiger partial charge on any atom is -0.385 e. The number of rotatable bonds is 11. The lowest BCUT2D eigenvalue weighted by Gasteiger charge is -2.11. The zero-order valence-electron chi connectivity index (χ0n) is 13.0. The highest BCUT2D eigenvalue weighted by Gasteiger charge is 1.97. The fourth-order valence-electron chi connectivity index (χ4n) is 1.44. The second-order valence-electron chi connectivity index (χ2n) is 4.86. The lowest BCUT2D eigenvalue weighted by atomic mass is 10.2. The van der Waals surface area contributed by atoms with Crippen molar-refractivity contribution in [2.45, 2.75) is 33.6 Å². The van der Waals surface area contributed by atoms with Crippen molar-refractivity contribution >= 4 is 5.96 Å². The first-order valence-corrected chi connectivity index (χ1v) is 7.29. The summed E-state index contributed by atoms with van der Waals surface area (Å²) in [6, 6.07) is 0. The van der Waals surface area contributed by atoms with Crippen LogP contribution in [0.2, 0.25) is 0 Å². The molecule has 0 aromatic rings. The van der Waals surface area contributed by atoms with E-state index in [0.29, 0.717) is 5.92 Å². The van der Waals surface area contributed by atoms with Gasteiger partial charge in [-0.1, -0.05) is 13.8 Å². The van der Waals surface area contributed by atoms with E-state index in [9.17, 15) is 0 Å². The maximum Gasteiger partial charge on any atom is 0.191 e. The zero-order chi connectivity index (χ0) is 14.3. The van der Waals surface area contributed by atoms with Crippen LogP contribution in [0.5, 0.6) is 0 Å². The van der Waals surface area contributed by atoms with Gasteiger partial charge < -0.3 is 20.1 Å². The maximum absolute atomic E-state index is 5.53. The number of aliphatic imine (C=N–C) groups is 1. The molecule has 0 heterocycles. The normalized spacial score (nSPS) is 11.9. The van der Waals surface area contributed by atoms with Gasteiger partial charge in [0.05, 0.1) is 0 Å². The number of methoxy groups -OCH3 is 1. The third kappa shape index (κ3) is 13.4. The van der Waals surface area contributed by atoms with E-state index in [4.69, 9.17) is 9.47 Å². The molecule has 0 fully saturated rings. The average molecular weight is 273 g/mol. The van der Waals surface area contributed by atoms with E-state index in [-0.39, 0.29) is 0 Å². The third-order valence-electron chi connectivity index (χ3n) is 2.33. The molecule has 0 atom stereocenters. The standard InChI is InChI=1S/C14H31N3O2/c1-5-15-14(16-8-6-10-18-4)17-9-7-11-19-12-13(2)3/h13H,5-12H2,1-4H3,(H2,15,16,17). The van der Waals surface area contributed by atoms with Crippen LogP contribution in [0.3, 0.4) is 0 Å². The Hall–Kier alpha value is -0.810. The number of guanidine groups is 1. The summed E-state index contributed by atoms with van der Waals surface area (Å²) in [5.41, 5.74) is 0. The first-order chi connectivity index (χ1) is 9.20. The van der Waals surface area contributed by atoms with Crippen molar-refractivity contribution in [1.29, 1.82) is 0 Å². The molecule has 19 heavy (non-hydrogen) atoms. The number of nitrogens with one attached hydrogen (secondary N) is 2. The summed E-state index contributed by atoms with van der Waals surface area (Å²) >= 11 is 0. The lowest BCUT2D eigenvalue weighted by molar-refractivity contribution is 0.108. The summed E-state index contributed by atoms with van der Waals surface area (Å²) in [7, 11) is 1.71. The van der Waals surface area contributed by atoms with E-state index in [1.807, 2.05) is 0 Å². The minimum atomic E-state index is 0.604. The summed E-state index contributed by atoms with van der Waals surface area (Å²) in [5, 5.41) is 6.53. The van der Waals surface area contributed by atoms with Gasteiger partial charge in [-0.15, -0.1) is 0 Å². The van der Waals surface area contributed by atoms with Crippen LogP contribution >= 0.6 is 0 Å². The molecule has 0 saturated carbocycles. The molecule has 0 aliphatic heterocycles. The average Bonchev–Trinajstić information content (AvgIpc) is 2.38. The van der Waals surface area contributed by atoms with E-state index in [1.165, 1.54) is 0 Å². The Morgan fingerprint density at radius 2 is 1.95 bits per heavy atom. The van der Waals surface area contributed by atoms with Crippen LogP contribution in [0.15, 0.2) is 4.99 Å². The molecule has 0 amide bonds. The Morgan fingerprint density at radius 3 is 2.58 bits per heavy atom. The van der Waals surface area contributed by atoms with Crippen molar-refractivity contribution in [3.05, 3.63) is 0 Å². The molecule has 0 radical (unpaired) electrons. The van der Waals surface area contributed by atoms with Gasteiger partial charge in [0.25, 0.3) is 0 Å². The first-order valence-electron chi connectivity index (χ1n) is 7.29. The first kappa shape index (κ1) is 18.2. The quantitative estimate of drug-likeness (QED) is 0.341. The fraction of sp³-hybridized carbons (Fsp3) is 0.929. The maximum atomic E-state index is 5.53. The third-order valence-corrected chi connectivity index (χ3v) is 2.33. The van der Waals surface area contributed by atoms with Gasteiger partial charge in [0.15, 0.2) is 5.96 Å². The summed E-state index contributed by atoms with van der Waals surface area (Å²) in [5.74, 6) is 1.48. The van der Waals surface area contributed by atoms with E-state index >= 15 is 0 Å². The van der Waals surface area contributed by atoms with Crippen LogP contribution < -0.4 is 10.6 Å². The molecular formula is C14H31N3O2. The van der Waals surface area contributed by atoms with Gasteiger partial charge in [-0.3, -0.25) is 4.99 Å². The molecule has 0 aliphatic rings. The smallest absolute Gasteiger partial charge is 0.191 e. The van der Waals surface area contributed by atoms with Crippen molar-refractivity contribution in [2.75, 3.05) is 46.6 Å². The minimum absolute atomic E-state index is 0.604. The number of ether oxygens (including phenoxy) is 2. The van der Waals surface area contributed by atoms with Crippen molar-refractivity contribution in [3.8, 4) is 0 Å². The van der Waals surface area contributed by atoms with Crippen LogP contribution in [0, 0.1) is 5.92 Å². The molecule has 0 aromatic carbocycles. The van der Waals surface area contributed by atoms with Crippen LogP contribution in [-0.2, 0) is 9.47 Å². The van der Waals surface area contributed by atoms with Crippen molar-refractivity contribution in [1.82, 2.24) is 10.6 Å². The predicted octanol–water partition coefficient (Wildman–Crippen LogP) is 1.64. The molecule has 0 rings (SSSR count). The molecule has 0 aliphatic carbocycles. The van der Waals surface area contributed by atoms with Crippen LogP contribution in [0.4, 0.5) is 0 Å². The van der Waals surface area contributed by atoms with E-state index < -0.39 is 0 Å². The van der Waals surface area contributed by atoms with Gasteiger partial charge in [-0.2, -0.15) is 0 Å². The van der Waals surface area contributed by atoms with Crippen molar-refractivity contribution < 1.29 is 9.47 Å². The zero-order valence-corrected chi connectivity index (χ0v) is 13.0. The Bertz CT molecular complexity index is 221. The molecule has 0 spiro atoms. The highest BCUT2D eigenvalue weighted by Crippen LogP contribution is 1.92. The Morgan fingerprint density at radius 1 is 1.16 bits per heavy atom. The summed E-state index contributed by atoms with van der Waals surface area (Å²) in [6.45, 7) is 11.3. The SMILES string of the molecule is CCNC(=NCCCOC)NCCCOCC(C)C. The van der Waals surface area contributed by atoms with Gasteiger partial charge >= 0.3 is 0 Å². The van der Waals surface area contributed by atoms with Crippen molar-refractivity contribution in [2.24, 2.45) is 10.9 Å². The van der Waals surface area contributed by atoms with Gasteiger partial charge in [0.2, 0.25) is 0 Å². The summed E-state index contributed by atoms with van der Waals surface area (Å²) < 4.78 is 10.5. The molecule has 2 N–H and O–H groups in total. The molecule has 0 bridgehead atoms. The van der Waals surface area contributed by atoms with Gasteiger partial charge in [-0.05, 0) is 25.7 Å². The van der Waals surface area contributed by atoms with Crippen molar-refractivity contribution in [3.63, 3.8) is 0 Å². The Balaban J connectivity index is 3.63. The molecule has 5 nitrogen and oxygen atoms in total. The molecule has 114 valence electrons. The van der Waals surface area contributed by atoms with Gasteiger partial charge in [0.1, 0.15) is 0 Å². The Labute approximate surface area is 118 Å². The topological polar surface area (TPSA) is 54.9 Å². The van der Waals surface area contributed by atoms with Crippen LogP contribution in [0.25, 0.3) is 0 Å². The summed E-state index contributed by atoms with van der Waals surface area (Å²) in [4.78, 5) is 4.47. The predicted molar refractivity (Wildman–Crippen MR) is 80.7 cm³/mol. The number of hydrogen-bond acceptors (Lipinski definition) is 3. The van der Waals surface area contributed by atoms with Gasteiger partial charge in [0, 0.05) is 46.6 Å². The second kappa shape index (κ2) is 13.6. The van der Waals surface area contributed by atoms with Gasteiger partial charge in [-0.25, -0.2) is 0 Å². The number of nitrogens with zero attached hydrogens (tertiary/aromatic N) is 1. The second-order valence-corrected chi connectivity index (χ2v) is 4.86. The van der Waals surface area contributed by atoms with E-state index in [2.05, 4.69) is 36.4 Å². The van der Waals surface area contributed by atoms with Crippen LogP contribution in [0.1, 0.15) is 33.6 Å². The highest BCUT2D eigenvalue weighted by molar-refractivity contribution is 5.79. The van der Waals surface area contributed by atoms with E-state index in [0.717, 1.165) is 58.3 Å². The Kier molecular flexibility index (Phi) is 13.0. The lowest BCUT2D eigenvalue weighted by Crippen LogP contribution is -2.38. The molecule has 5 heteroatoms. The van der Waals surface area contributed by atoms with E-state index in [1.54, 1.807) is 7.11 Å². The fourth-order valence-corrected chi connectivity index (χ4v) is 1.44. The van der Waals surface area contributed by atoms with Crippen LogP contribution in [-0.4, -0.2) is 52.5 Å².